The van der Waals surface area contributed by atoms with E-state index in [4.69, 9.17) is 9.15 Å². The van der Waals surface area contributed by atoms with E-state index >= 15 is 0 Å². The van der Waals surface area contributed by atoms with E-state index in [0.717, 1.165) is 25.3 Å². The molecule has 0 saturated heterocycles. The molecule has 0 aliphatic rings. The van der Waals surface area contributed by atoms with Crippen molar-refractivity contribution in [3.05, 3.63) is 24.2 Å². The molecule has 1 atom stereocenters. The molecule has 1 amide bonds. The summed E-state index contributed by atoms with van der Waals surface area (Å²) >= 11 is 0. The molecule has 0 fully saturated rings. The number of carbonyl (C=O) groups is 1. The predicted octanol–water partition coefficient (Wildman–Crippen LogP) is 1.90. The topological polar surface area (TPSA) is 87.9 Å². The Hall–Kier alpha value is -2.02. The highest BCUT2D eigenvalue weighted by atomic mass is 16.5. The predicted molar refractivity (Wildman–Crippen MR) is 99.4 cm³/mol. The molecule has 7 heteroatoms. The number of hydrogen-bond acceptors (Lipinski definition) is 4. The summed E-state index contributed by atoms with van der Waals surface area (Å²) in [5, 5.41) is 9.17. The third-order valence-corrected chi connectivity index (χ3v) is 3.61. The number of aliphatic imine (C=N–C) groups is 1. The van der Waals surface area contributed by atoms with Gasteiger partial charge < -0.3 is 25.1 Å². The second-order valence-corrected chi connectivity index (χ2v) is 6.00. The van der Waals surface area contributed by atoms with Gasteiger partial charge in [0, 0.05) is 19.7 Å². The van der Waals surface area contributed by atoms with Crippen molar-refractivity contribution in [1.82, 2.24) is 16.0 Å². The van der Waals surface area contributed by atoms with Gasteiger partial charge in [0.2, 0.25) is 5.91 Å². The maximum atomic E-state index is 11.9. The van der Waals surface area contributed by atoms with Crippen molar-refractivity contribution in [1.29, 1.82) is 0 Å². The molecule has 0 saturated carbocycles. The Morgan fingerprint density at radius 2 is 2.08 bits per heavy atom. The number of furan rings is 1. The van der Waals surface area contributed by atoms with E-state index < -0.39 is 0 Å². The molecule has 25 heavy (non-hydrogen) atoms. The van der Waals surface area contributed by atoms with Crippen LogP contribution < -0.4 is 16.0 Å². The van der Waals surface area contributed by atoms with Gasteiger partial charge in [-0.1, -0.05) is 13.8 Å². The molecule has 7 nitrogen and oxygen atoms in total. The van der Waals surface area contributed by atoms with Gasteiger partial charge >= 0.3 is 0 Å². The molecule has 1 heterocycles. The summed E-state index contributed by atoms with van der Waals surface area (Å²) in [6.45, 7) is 10.9. The summed E-state index contributed by atoms with van der Waals surface area (Å²) in [6, 6.07) is 3.61. The Labute approximate surface area is 150 Å². The third kappa shape index (κ3) is 9.14. The van der Waals surface area contributed by atoms with Crippen LogP contribution in [-0.4, -0.2) is 44.2 Å². The fourth-order valence-corrected chi connectivity index (χ4v) is 2.30. The first-order chi connectivity index (χ1) is 12.1. The summed E-state index contributed by atoms with van der Waals surface area (Å²) in [6.07, 6.45) is 2.69. The third-order valence-electron chi connectivity index (χ3n) is 3.61. The van der Waals surface area contributed by atoms with Gasteiger partial charge in [0.1, 0.15) is 12.3 Å². The quantitative estimate of drug-likeness (QED) is 0.418. The fourth-order valence-electron chi connectivity index (χ4n) is 2.30. The van der Waals surface area contributed by atoms with E-state index in [1.54, 1.807) is 12.3 Å². The Morgan fingerprint density at radius 1 is 1.28 bits per heavy atom. The molecule has 1 aromatic heterocycles. The average Bonchev–Trinajstić information content (AvgIpc) is 3.10. The SMILES string of the molecule is CCNC(=NCC(=O)NCc1ccco1)NCCC(OCC)C(C)C. The van der Waals surface area contributed by atoms with Gasteiger partial charge in [-0.3, -0.25) is 4.79 Å². The largest absolute Gasteiger partial charge is 0.467 e. The van der Waals surface area contributed by atoms with Crippen LogP contribution in [0.25, 0.3) is 0 Å². The highest BCUT2D eigenvalue weighted by Gasteiger charge is 2.13. The summed E-state index contributed by atoms with van der Waals surface area (Å²) in [7, 11) is 0. The lowest BCUT2D eigenvalue weighted by atomic mass is 10.0. The molecule has 3 N–H and O–H groups in total. The minimum absolute atomic E-state index is 0.0646. The molecule has 142 valence electrons. The molecule has 0 aliphatic heterocycles. The van der Waals surface area contributed by atoms with Crippen LogP contribution in [0.2, 0.25) is 0 Å². The monoisotopic (exact) mass is 352 g/mol. The van der Waals surface area contributed by atoms with Gasteiger partial charge in [-0.15, -0.1) is 0 Å². The number of carbonyl (C=O) groups excluding carboxylic acids is 1. The van der Waals surface area contributed by atoms with E-state index in [-0.39, 0.29) is 18.6 Å². The van der Waals surface area contributed by atoms with E-state index in [1.807, 2.05) is 19.9 Å². The summed E-state index contributed by atoms with van der Waals surface area (Å²) in [4.78, 5) is 16.2. The lowest BCUT2D eigenvalue weighted by Gasteiger charge is -2.21. The molecule has 1 rings (SSSR count). The van der Waals surface area contributed by atoms with E-state index in [1.165, 1.54) is 0 Å². The van der Waals surface area contributed by atoms with Gasteiger partial charge in [-0.2, -0.15) is 0 Å². The van der Waals surface area contributed by atoms with Crippen molar-refractivity contribution in [3.8, 4) is 0 Å². The number of nitrogens with one attached hydrogen (secondary N) is 3. The maximum Gasteiger partial charge on any atom is 0.242 e. The van der Waals surface area contributed by atoms with Crippen LogP contribution in [0, 0.1) is 5.92 Å². The van der Waals surface area contributed by atoms with Crippen LogP contribution in [0.4, 0.5) is 0 Å². The molecule has 0 aliphatic carbocycles. The van der Waals surface area contributed by atoms with E-state index in [2.05, 4.69) is 34.8 Å². The number of amides is 1. The van der Waals surface area contributed by atoms with Gasteiger partial charge in [0.05, 0.1) is 18.9 Å². The van der Waals surface area contributed by atoms with Gasteiger partial charge in [0.15, 0.2) is 5.96 Å². The Morgan fingerprint density at radius 3 is 2.68 bits per heavy atom. The van der Waals surface area contributed by atoms with Crippen molar-refractivity contribution in [2.45, 2.75) is 46.8 Å². The summed E-state index contributed by atoms with van der Waals surface area (Å²) in [5.41, 5.74) is 0. The minimum atomic E-state index is -0.150. The maximum absolute atomic E-state index is 11.9. The minimum Gasteiger partial charge on any atom is -0.467 e. The first-order valence-corrected chi connectivity index (χ1v) is 8.99. The molecule has 1 unspecified atom stereocenters. The highest BCUT2D eigenvalue weighted by molar-refractivity contribution is 5.84. The Balaban J connectivity index is 2.37. The molecule has 0 aromatic carbocycles. The number of hydrogen-bond donors (Lipinski definition) is 3. The van der Waals surface area contributed by atoms with Crippen molar-refractivity contribution >= 4 is 11.9 Å². The van der Waals surface area contributed by atoms with Crippen LogP contribution in [0.1, 0.15) is 39.9 Å². The molecular formula is C18H32N4O3. The molecule has 1 aromatic rings. The second-order valence-electron chi connectivity index (χ2n) is 6.00. The summed E-state index contributed by atoms with van der Waals surface area (Å²) < 4.78 is 10.9. The van der Waals surface area contributed by atoms with Crippen molar-refractivity contribution in [3.63, 3.8) is 0 Å². The van der Waals surface area contributed by atoms with Gasteiger partial charge in [-0.25, -0.2) is 4.99 Å². The number of ether oxygens (including phenoxy) is 1. The smallest absolute Gasteiger partial charge is 0.242 e. The van der Waals surface area contributed by atoms with E-state index in [0.29, 0.717) is 25.0 Å². The lowest BCUT2D eigenvalue weighted by Crippen LogP contribution is -2.40. The van der Waals surface area contributed by atoms with E-state index in [9.17, 15) is 4.79 Å². The number of guanidine groups is 1. The zero-order valence-corrected chi connectivity index (χ0v) is 15.8. The average molecular weight is 352 g/mol. The standard InChI is InChI=1S/C18H32N4O3/c1-5-19-18(20-10-9-16(14(3)4)24-6-2)22-13-17(23)21-12-15-8-7-11-25-15/h7-8,11,14,16H,5-6,9-10,12-13H2,1-4H3,(H,21,23)(H2,19,20,22). The van der Waals surface area contributed by atoms with Crippen molar-refractivity contribution in [2.75, 3.05) is 26.2 Å². The Kier molecular flexibility index (Phi) is 10.4. The zero-order valence-electron chi connectivity index (χ0n) is 15.8. The van der Waals surface area contributed by atoms with Crippen molar-refractivity contribution in [2.24, 2.45) is 10.9 Å². The normalized spacial score (nSPS) is 12.9. The molecule has 0 bridgehead atoms. The van der Waals surface area contributed by atoms with Crippen LogP contribution in [0.3, 0.4) is 0 Å². The number of nitrogens with zero attached hydrogens (tertiary/aromatic N) is 1. The zero-order chi connectivity index (χ0) is 18.5. The van der Waals surface area contributed by atoms with Crippen LogP contribution in [-0.2, 0) is 16.1 Å². The molecular weight excluding hydrogens is 320 g/mol. The van der Waals surface area contributed by atoms with Crippen LogP contribution >= 0.6 is 0 Å². The first-order valence-electron chi connectivity index (χ1n) is 8.99. The van der Waals surface area contributed by atoms with Gasteiger partial charge in [-0.05, 0) is 38.3 Å². The highest BCUT2D eigenvalue weighted by Crippen LogP contribution is 2.09. The second kappa shape index (κ2) is 12.4. The molecule has 0 spiro atoms. The fraction of sp³-hybridized carbons (Fsp3) is 0.667. The lowest BCUT2D eigenvalue weighted by molar-refractivity contribution is -0.119. The first kappa shape index (κ1) is 21.0. The molecule has 0 radical (unpaired) electrons. The Bertz CT molecular complexity index is 500. The van der Waals surface area contributed by atoms with Gasteiger partial charge in [0.25, 0.3) is 0 Å². The van der Waals surface area contributed by atoms with Crippen LogP contribution in [0.15, 0.2) is 27.8 Å². The summed E-state index contributed by atoms with van der Waals surface area (Å²) in [5.74, 6) is 1.67. The van der Waals surface area contributed by atoms with Crippen LogP contribution in [0.5, 0.6) is 0 Å². The van der Waals surface area contributed by atoms with Crippen molar-refractivity contribution < 1.29 is 13.9 Å². The number of rotatable bonds is 11.